The number of imidazole rings is 2. The van der Waals surface area contributed by atoms with Crippen LogP contribution < -0.4 is 10.6 Å². The Labute approximate surface area is 263 Å². The molecule has 0 atom stereocenters. The van der Waals surface area contributed by atoms with E-state index in [0.717, 1.165) is 16.9 Å². The fraction of sp³-hybridized carbons (Fsp3) is 0.290. The highest BCUT2D eigenvalue weighted by molar-refractivity contribution is 6.33. The smallest absolute Gasteiger partial charge is 0.302 e. The van der Waals surface area contributed by atoms with E-state index in [4.69, 9.17) is 48.6 Å². The molecule has 1 amide bonds. The first-order valence-electron chi connectivity index (χ1n) is 14.2. The van der Waals surface area contributed by atoms with Crippen molar-refractivity contribution < 1.29 is 14.3 Å². The summed E-state index contributed by atoms with van der Waals surface area (Å²) in [5.41, 5.74) is 8.52. The molecule has 13 heteroatoms. The summed E-state index contributed by atoms with van der Waals surface area (Å²) in [6.07, 6.45) is 5.03. The third kappa shape index (κ3) is 5.72. The summed E-state index contributed by atoms with van der Waals surface area (Å²) in [5, 5.41) is 1.13. The lowest BCUT2D eigenvalue weighted by Gasteiger charge is -2.37. The SMILES string of the molecule is CC(=O)OCCc1cn(-c2nc(N3CCC(C)(C(N)=O)CC3)c3nc(-c4ccccc4Cl)n(-c4ccc(Cl)cc4)c3n2)cn1. The number of nitrogens with zero attached hydrogens (tertiary/aromatic N) is 7. The van der Waals surface area contributed by atoms with Crippen molar-refractivity contribution in [3.05, 3.63) is 76.8 Å². The number of rotatable bonds is 8. The Hall–Kier alpha value is -4.48. The molecule has 0 bridgehead atoms. The van der Waals surface area contributed by atoms with E-state index in [1.165, 1.54) is 6.92 Å². The number of fused-ring (bicyclic) bond motifs is 1. The average Bonchev–Trinajstić information content (AvgIpc) is 3.63. The van der Waals surface area contributed by atoms with Gasteiger partial charge in [-0.2, -0.15) is 9.97 Å². The molecule has 6 rings (SSSR count). The molecule has 11 nitrogen and oxygen atoms in total. The minimum Gasteiger partial charge on any atom is -0.465 e. The van der Waals surface area contributed by atoms with Gasteiger partial charge in [-0.15, -0.1) is 0 Å². The molecular weight excluding hydrogens is 603 g/mol. The number of hydrogen-bond donors (Lipinski definition) is 1. The van der Waals surface area contributed by atoms with Crippen molar-refractivity contribution in [3.8, 4) is 23.0 Å². The van der Waals surface area contributed by atoms with E-state index >= 15 is 0 Å². The second-order valence-corrected chi connectivity index (χ2v) is 11.9. The number of halogens is 2. The summed E-state index contributed by atoms with van der Waals surface area (Å²) in [4.78, 5) is 45.1. The van der Waals surface area contributed by atoms with E-state index in [9.17, 15) is 9.59 Å². The highest BCUT2D eigenvalue weighted by Gasteiger charge is 2.37. The zero-order valence-electron chi connectivity index (χ0n) is 24.2. The van der Waals surface area contributed by atoms with Crippen molar-refractivity contribution in [1.29, 1.82) is 0 Å². The molecule has 0 saturated carbocycles. The van der Waals surface area contributed by atoms with Gasteiger partial charge < -0.3 is 15.4 Å². The maximum Gasteiger partial charge on any atom is 0.302 e. The summed E-state index contributed by atoms with van der Waals surface area (Å²) in [7, 11) is 0. The number of amides is 1. The molecule has 1 fully saturated rings. The Morgan fingerprint density at radius 2 is 1.75 bits per heavy atom. The van der Waals surface area contributed by atoms with Gasteiger partial charge in [-0.05, 0) is 49.2 Å². The number of carbonyl (C=O) groups excluding carboxylic acids is 2. The van der Waals surface area contributed by atoms with Crippen LogP contribution in [0.15, 0.2) is 61.1 Å². The lowest BCUT2D eigenvalue weighted by molar-refractivity contribution is -0.140. The fourth-order valence-corrected chi connectivity index (χ4v) is 5.63. The predicted molar refractivity (Wildman–Crippen MR) is 168 cm³/mol. The molecule has 1 aliphatic rings. The van der Waals surface area contributed by atoms with Crippen LogP contribution in [0.5, 0.6) is 0 Å². The standard InChI is InChI=1S/C31H30Cl2N8O3/c1-19(42)44-16-11-21-17-40(18-35-21)30-37-27(39-14-12-31(2,13-15-39)29(34)43)25-28(38-30)41(22-9-7-20(32)8-10-22)26(36-25)23-5-3-4-6-24(23)33/h3-10,17-18H,11-16H2,1-2H3,(H2,34,43). The van der Waals surface area contributed by atoms with Gasteiger partial charge in [-0.1, -0.05) is 42.3 Å². The monoisotopic (exact) mass is 632 g/mol. The number of ether oxygens (including phenoxy) is 1. The first-order valence-corrected chi connectivity index (χ1v) is 14.9. The van der Waals surface area contributed by atoms with E-state index in [-0.39, 0.29) is 18.5 Å². The van der Waals surface area contributed by atoms with Gasteiger partial charge >= 0.3 is 5.97 Å². The molecule has 1 saturated heterocycles. The summed E-state index contributed by atoms with van der Waals surface area (Å²) in [6, 6.07) is 14.9. The van der Waals surface area contributed by atoms with Gasteiger partial charge in [-0.25, -0.2) is 9.97 Å². The lowest BCUT2D eigenvalue weighted by atomic mass is 9.80. The van der Waals surface area contributed by atoms with Crippen LogP contribution in [0.2, 0.25) is 10.0 Å². The molecule has 0 radical (unpaired) electrons. The van der Waals surface area contributed by atoms with Gasteiger partial charge in [0, 0.05) is 54.3 Å². The number of esters is 1. The maximum atomic E-state index is 12.2. The van der Waals surface area contributed by atoms with Crippen LogP contribution in [0, 0.1) is 5.41 Å². The molecule has 2 aromatic carbocycles. The summed E-state index contributed by atoms with van der Waals surface area (Å²) in [6.45, 7) is 4.60. The van der Waals surface area contributed by atoms with Crippen molar-refractivity contribution in [2.75, 3.05) is 24.6 Å². The van der Waals surface area contributed by atoms with Crippen LogP contribution in [0.3, 0.4) is 0 Å². The quantitative estimate of drug-likeness (QED) is 0.231. The normalized spacial score (nSPS) is 14.6. The van der Waals surface area contributed by atoms with E-state index in [0.29, 0.717) is 71.2 Å². The fourth-order valence-electron chi connectivity index (χ4n) is 5.29. The highest BCUT2D eigenvalue weighted by Crippen LogP contribution is 2.38. The minimum atomic E-state index is -0.599. The molecular formula is C31H30Cl2N8O3. The largest absolute Gasteiger partial charge is 0.465 e. The first-order chi connectivity index (χ1) is 21.1. The third-order valence-corrected chi connectivity index (χ3v) is 8.55. The number of nitrogens with two attached hydrogens (primary N) is 1. The van der Waals surface area contributed by atoms with Gasteiger partial charge in [0.1, 0.15) is 12.2 Å². The van der Waals surface area contributed by atoms with Gasteiger partial charge in [-0.3, -0.25) is 18.7 Å². The average molecular weight is 634 g/mol. The van der Waals surface area contributed by atoms with E-state index < -0.39 is 5.41 Å². The minimum absolute atomic E-state index is 0.217. The molecule has 5 aromatic rings. The van der Waals surface area contributed by atoms with Crippen molar-refractivity contribution in [2.24, 2.45) is 11.1 Å². The maximum absolute atomic E-state index is 12.2. The van der Waals surface area contributed by atoms with Gasteiger partial charge in [0.15, 0.2) is 17.0 Å². The number of benzene rings is 2. The Kier molecular flexibility index (Phi) is 8.00. The number of piperidine rings is 1. The van der Waals surface area contributed by atoms with Crippen LogP contribution >= 0.6 is 23.2 Å². The third-order valence-electron chi connectivity index (χ3n) is 7.97. The summed E-state index contributed by atoms with van der Waals surface area (Å²) >= 11 is 13.0. The van der Waals surface area contributed by atoms with Crippen LogP contribution in [0.25, 0.3) is 34.2 Å². The van der Waals surface area contributed by atoms with Crippen LogP contribution in [0.4, 0.5) is 5.82 Å². The van der Waals surface area contributed by atoms with Crippen LogP contribution in [-0.4, -0.2) is 60.6 Å². The Bertz CT molecular complexity index is 1860. The van der Waals surface area contributed by atoms with Crippen LogP contribution in [-0.2, 0) is 20.7 Å². The summed E-state index contributed by atoms with van der Waals surface area (Å²) in [5.74, 6) is 0.933. The second-order valence-electron chi connectivity index (χ2n) is 11.0. The highest BCUT2D eigenvalue weighted by atomic mass is 35.5. The summed E-state index contributed by atoms with van der Waals surface area (Å²) < 4.78 is 8.76. The molecule has 0 unspecified atom stereocenters. The molecule has 44 heavy (non-hydrogen) atoms. The molecule has 4 heterocycles. The molecule has 0 aliphatic carbocycles. The molecule has 226 valence electrons. The Morgan fingerprint density at radius 3 is 2.43 bits per heavy atom. The molecule has 1 aliphatic heterocycles. The lowest BCUT2D eigenvalue weighted by Crippen LogP contribution is -2.45. The Balaban J connectivity index is 1.54. The first kappa shape index (κ1) is 29.6. The molecule has 0 spiro atoms. The van der Waals surface area contributed by atoms with E-state index in [2.05, 4.69) is 9.88 Å². The number of carbonyl (C=O) groups is 2. The molecule has 2 N–H and O–H groups in total. The van der Waals surface area contributed by atoms with Crippen LogP contribution in [0.1, 0.15) is 32.4 Å². The van der Waals surface area contributed by atoms with Crippen molar-refractivity contribution in [1.82, 2.24) is 29.1 Å². The van der Waals surface area contributed by atoms with Crippen molar-refractivity contribution in [3.63, 3.8) is 0 Å². The topological polar surface area (TPSA) is 134 Å². The second kappa shape index (κ2) is 11.9. The van der Waals surface area contributed by atoms with Gasteiger partial charge in [0.2, 0.25) is 11.9 Å². The van der Waals surface area contributed by atoms with Gasteiger partial charge in [0.05, 0.1) is 17.3 Å². The van der Waals surface area contributed by atoms with E-state index in [1.807, 2.05) is 66.2 Å². The van der Waals surface area contributed by atoms with E-state index in [1.54, 1.807) is 10.9 Å². The predicted octanol–water partition coefficient (Wildman–Crippen LogP) is 5.17. The number of anilines is 1. The zero-order chi connectivity index (χ0) is 31.0. The Morgan fingerprint density at radius 1 is 1.02 bits per heavy atom. The number of hydrogen-bond acceptors (Lipinski definition) is 8. The zero-order valence-corrected chi connectivity index (χ0v) is 25.7. The molecule has 3 aromatic heterocycles. The van der Waals surface area contributed by atoms with Gasteiger partial charge in [0.25, 0.3) is 0 Å². The number of primary amides is 1. The van der Waals surface area contributed by atoms with Crippen molar-refractivity contribution in [2.45, 2.75) is 33.1 Å². The van der Waals surface area contributed by atoms with Crippen molar-refractivity contribution >= 4 is 52.1 Å². The number of aromatic nitrogens is 6.